The van der Waals surface area contributed by atoms with Gasteiger partial charge in [0.2, 0.25) is 0 Å². The third-order valence-electron chi connectivity index (χ3n) is 4.97. The molecule has 3 aromatic carbocycles. The van der Waals surface area contributed by atoms with Crippen molar-refractivity contribution in [2.75, 3.05) is 21.3 Å². The average Bonchev–Trinajstić information content (AvgIpc) is 2.98. The Hall–Kier alpha value is -2.92. The van der Waals surface area contributed by atoms with Gasteiger partial charge in [0.1, 0.15) is 5.75 Å². The Balaban J connectivity index is 1.76. The quantitative estimate of drug-likeness (QED) is 0.516. The summed E-state index contributed by atoms with van der Waals surface area (Å²) in [4.78, 5) is 6.19. The number of hydrogen-bond donors (Lipinski definition) is 0. The van der Waals surface area contributed by atoms with Crippen LogP contribution in [-0.2, 0) is 0 Å². The summed E-state index contributed by atoms with van der Waals surface area (Å²) in [5, 5.41) is 0.208. The molecule has 0 N–H and O–H groups in total. The molecule has 1 aliphatic rings. The minimum Gasteiger partial charge on any atom is -0.497 e. The third-order valence-corrected chi connectivity index (χ3v) is 6.29. The highest BCUT2D eigenvalue weighted by Gasteiger charge is 2.23. The van der Waals surface area contributed by atoms with Crippen molar-refractivity contribution in [3.8, 4) is 17.2 Å². The number of benzene rings is 3. The number of thioether (sulfide) groups is 1. The summed E-state index contributed by atoms with van der Waals surface area (Å²) < 4.78 is 16.2. The Morgan fingerprint density at radius 2 is 1.59 bits per heavy atom. The van der Waals surface area contributed by atoms with E-state index in [2.05, 4.69) is 42.5 Å². The molecule has 0 radical (unpaired) electrons. The molecule has 0 bridgehead atoms. The van der Waals surface area contributed by atoms with Crippen LogP contribution in [0.25, 0.3) is 0 Å². The van der Waals surface area contributed by atoms with E-state index >= 15 is 0 Å². The van der Waals surface area contributed by atoms with E-state index in [4.69, 9.17) is 19.2 Å². The molecule has 0 saturated heterocycles. The third kappa shape index (κ3) is 4.10. The van der Waals surface area contributed by atoms with Crippen molar-refractivity contribution < 1.29 is 14.2 Å². The molecule has 3 aromatic rings. The van der Waals surface area contributed by atoms with Gasteiger partial charge in [0.15, 0.2) is 11.5 Å². The van der Waals surface area contributed by atoms with Crippen LogP contribution < -0.4 is 14.2 Å². The van der Waals surface area contributed by atoms with Gasteiger partial charge in [-0.15, -0.1) is 11.8 Å². The van der Waals surface area contributed by atoms with Gasteiger partial charge in [-0.25, -0.2) is 0 Å². The van der Waals surface area contributed by atoms with Gasteiger partial charge >= 0.3 is 0 Å². The lowest BCUT2D eigenvalue weighted by Crippen LogP contribution is -2.06. The summed E-state index contributed by atoms with van der Waals surface area (Å²) in [6.45, 7) is 0. The highest BCUT2D eigenvalue weighted by molar-refractivity contribution is 7.99. The molecule has 0 aromatic heterocycles. The van der Waals surface area contributed by atoms with Crippen molar-refractivity contribution in [3.63, 3.8) is 0 Å². The van der Waals surface area contributed by atoms with Crippen LogP contribution in [0.1, 0.15) is 22.8 Å². The van der Waals surface area contributed by atoms with E-state index < -0.39 is 0 Å². The number of hydrogen-bond acceptors (Lipinski definition) is 5. The average molecular weight is 406 g/mol. The summed E-state index contributed by atoms with van der Waals surface area (Å²) in [7, 11) is 5.00. The number of para-hydroxylation sites is 1. The number of methoxy groups -OCH3 is 3. The Bertz CT molecular complexity index is 1030. The number of ether oxygens (including phenoxy) is 3. The van der Waals surface area contributed by atoms with Crippen LogP contribution >= 0.6 is 11.8 Å². The van der Waals surface area contributed by atoms with E-state index in [9.17, 15) is 0 Å². The summed E-state index contributed by atoms with van der Waals surface area (Å²) in [6.07, 6.45) is 0.807. The lowest BCUT2D eigenvalue weighted by atomic mass is 10.0. The Morgan fingerprint density at radius 1 is 0.828 bits per heavy atom. The van der Waals surface area contributed by atoms with Gasteiger partial charge in [-0.3, -0.25) is 4.99 Å². The number of rotatable bonds is 5. The monoisotopic (exact) mass is 405 g/mol. The number of fused-ring (bicyclic) bond motifs is 1. The van der Waals surface area contributed by atoms with E-state index in [1.54, 1.807) is 21.3 Å². The fraction of sp³-hybridized carbons (Fsp3) is 0.208. The molecule has 0 saturated carbocycles. The first-order valence-electron chi connectivity index (χ1n) is 9.41. The highest BCUT2D eigenvalue weighted by Crippen LogP contribution is 2.46. The van der Waals surface area contributed by atoms with Gasteiger partial charge in [0.25, 0.3) is 0 Å². The summed E-state index contributed by atoms with van der Waals surface area (Å²) in [6, 6.07) is 22.5. The molecule has 5 heteroatoms. The molecule has 1 atom stereocenters. The van der Waals surface area contributed by atoms with Crippen LogP contribution in [0, 0.1) is 0 Å². The van der Waals surface area contributed by atoms with Crippen LogP contribution in [0.4, 0.5) is 5.69 Å². The molecule has 4 rings (SSSR count). The predicted molar refractivity (Wildman–Crippen MR) is 118 cm³/mol. The van der Waals surface area contributed by atoms with E-state index in [1.807, 2.05) is 36.0 Å². The molecule has 1 heterocycles. The minimum absolute atomic E-state index is 0.208. The maximum absolute atomic E-state index is 5.53. The summed E-state index contributed by atoms with van der Waals surface area (Å²) in [5.74, 6) is 2.32. The van der Waals surface area contributed by atoms with Gasteiger partial charge in [0, 0.05) is 22.3 Å². The van der Waals surface area contributed by atoms with Crippen molar-refractivity contribution in [1.82, 2.24) is 0 Å². The fourth-order valence-electron chi connectivity index (χ4n) is 3.42. The maximum atomic E-state index is 5.53. The van der Waals surface area contributed by atoms with Crippen LogP contribution in [0.2, 0.25) is 0 Å². The molecular formula is C24H23NO3S. The fourth-order valence-corrected chi connectivity index (χ4v) is 4.64. The summed E-state index contributed by atoms with van der Waals surface area (Å²) in [5.41, 5.74) is 4.36. The van der Waals surface area contributed by atoms with E-state index in [0.29, 0.717) is 0 Å². The standard InChI is InChI=1S/C24H23NO3S/c1-26-18-11-8-16(9-12-18)20-15-24(29-23-7-5-4-6-19(23)25-20)17-10-13-21(27-2)22(14-17)28-3/h4-14,24H,15H2,1-3H3/t24-/m0/s1. The number of nitrogens with zero attached hydrogens (tertiary/aromatic N) is 1. The minimum atomic E-state index is 0.208. The molecule has 0 amide bonds. The van der Waals surface area contributed by atoms with Gasteiger partial charge in [-0.1, -0.05) is 18.2 Å². The van der Waals surface area contributed by atoms with Crippen molar-refractivity contribution in [2.45, 2.75) is 16.6 Å². The van der Waals surface area contributed by atoms with Crippen LogP contribution in [0.3, 0.4) is 0 Å². The van der Waals surface area contributed by atoms with Gasteiger partial charge in [-0.05, 0) is 59.7 Å². The largest absolute Gasteiger partial charge is 0.497 e. The second-order valence-electron chi connectivity index (χ2n) is 6.68. The molecule has 0 unspecified atom stereocenters. The first kappa shape index (κ1) is 19.4. The first-order chi connectivity index (χ1) is 14.2. The van der Waals surface area contributed by atoms with Gasteiger partial charge in [0.05, 0.1) is 27.0 Å². The van der Waals surface area contributed by atoms with Crippen LogP contribution in [0.5, 0.6) is 17.2 Å². The van der Waals surface area contributed by atoms with E-state index in [0.717, 1.165) is 40.6 Å². The molecular weight excluding hydrogens is 382 g/mol. The van der Waals surface area contributed by atoms with Crippen molar-refractivity contribution in [2.24, 2.45) is 4.99 Å². The molecule has 4 nitrogen and oxygen atoms in total. The van der Waals surface area contributed by atoms with Crippen molar-refractivity contribution in [1.29, 1.82) is 0 Å². The zero-order valence-corrected chi connectivity index (χ0v) is 17.5. The molecule has 1 aliphatic heterocycles. The SMILES string of the molecule is COc1ccc(C2=Nc3ccccc3S[C@H](c3ccc(OC)c(OC)c3)C2)cc1. The Morgan fingerprint density at radius 3 is 2.31 bits per heavy atom. The molecule has 148 valence electrons. The van der Waals surface area contributed by atoms with Gasteiger partial charge in [-0.2, -0.15) is 0 Å². The first-order valence-corrected chi connectivity index (χ1v) is 10.3. The molecule has 0 spiro atoms. The second-order valence-corrected chi connectivity index (χ2v) is 7.92. The Labute approximate surface area is 175 Å². The predicted octanol–water partition coefficient (Wildman–Crippen LogP) is 6.07. The zero-order valence-electron chi connectivity index (χ0n) is 16.7. The highest BCUT2D eigenvalue weighted by atomic mass is 32.2. The maximum Gasteiger partial charge on any atom is 0.161 e. The number of aliphatic imine (C=N–C) groups is 1. The smallest absolute Gasteiger partial charge is 0.161 e. The molecule has 0 fully saturated rings. The van der Waals surface area contributed by atoms with E-state index in [-0.39, 0.29) is 5.25 Å². The normalized spacial score (nSPS) is 15.7. The lowest BCUT2D eigenvalue weighted by molar-refractivity contribution is 0.354. The molecule has 29 heavy (non-hydrogen) atoms. The van der Waals surface area contributed by atoms with Crippen LogP contribution in [-0.4, -0.2) is 27.0 Å². The Kier molecular flexibility index (Phi) is 5.76. The molecule has 0 aliphatic carbocycles. The lowest BCUT2D eigenvalue weighted by Gasteiger charge is -2.18. The van der Waals surface area contributed by atoms with Gasteiger partial charge < -0.3 is 14.2 Å². The second kappa shape index (κ2) is 8.62. The van der Waals surface area contributed by atoms with Crippen LogP contribution in [0.15, 0.2) is 76.6 Å². The topological polar surface area (TPSA) is 40.0 Å². The zero-order chi connectivity index (χ0) is 20.2. The summed E-state index contributed by atoms with van der Waals surface area (Å²) >= 11 is 1.83. The van der Waals surface area contributed by atoms with Crippen molar-refractivity contribution in [3.05, 3.63) is 77.9 Å². The van der Waals surface area contributed by atoms with Crippen molar-refractivity contribution >= 4 is 23.2 Å². The van der Waals surface area contributed by atoms with E-state index in [1.165, 1.54) is 10.5 Å².